The number of hydrogen-bond acceptors (Lipinski definition) is 6. The molecule has 2 aromatic carbocycles. The van der Waals surface area contributed by atoms with Crippen molar-refractivity contribution >= 4 is 11.4 Å². The molecule has 0 bridgehead atoms. The number of hydrogen-bond donors (Lipinski definition) is 0. The van der Waals surface area contributed by atoms with Gasteiger partial charge in [0.25, 0.3) is 5.69 Å². The highest BCUT2D eigenvalue weighted by Crippen LogP contribution is 2.33. The lowest BCUT2D eigenvalue weighted by Gasteiger charge is -2.06. The Labute approximate surface area is 118 Å². The van der Waals surface area contributed by atoms with Crippen LogP contribution in [0, 0.1) is 31.6 Å². The summed E-state index contributed by atoms with van der Waals surface area (Å²) in [4.78, 5) is 20.4. The highest BCUT2D eigenvalue weighted by Gasteiger charge is 2.18. The van der Waals surface area contributed by atoms with Crippen molar-refractivity contribution in [3.8, 4) is 17.6 Å². The van der Waals surface area contributed by atoms with Crippen molar-refractivity contribution in [2.24, 2.45) is 0 Å². The van der Waals surface area contributed by atoms with Crippen molar-refractivity contribution < 1.29 is 14.6 Å². The van der Waals surface area contributed by atoms with Crippen molar-refractivity contribution in [2.45, 2.75) is 0 Å². The zero-order chi connectivity index (χ0) is 15.4. The number of nitrogens with zero attached hydrogens (tertiary/aromatic N) is 3. The standard InChI is InChI=1S/C13H7N3O5/c14-8-9-5-6-10(7-12(9)16(19)20)21-13-4-2-1-3-11(13)15(17)18/h1-7H. The van der Waals surface area contributed by atoms with E-state index in [1.54, 1.807) is 12.1 Å². The van der Waals surface area contributed by atoms with Gasteiger partial charge in [0, 0.05) is 6.07 Å². The number of benzene rings is 2. The van der Waals surface area contributed by atoms with Gasteiger partial charge in [0.2, 0.25) is 5.75 Å². The number of rotatable bonds is 4. The maximum absolute atomic E-state index is 10.9. The Morgan fingerprint density at radius 2 is 1.67 bits per heavy atom. The molecule has 0 heterocycles. The van der Waals surface area contributed by atoms with E-state index in [1.807, 2.05) is 0 Å². The second-order valence-corrected chi connectivity index (χ2v) is 3.87. The van der Waals surface area contributed by atoms with Crippen molar-refractivity contribution in [3.05, 3.63) is 68.3 Å². The summed E-state index contributed by atoms with van der Waals surface area (Å²) in [5.41, 5.74) is -0.798. The summed E-state index contributed by atoms with van der Waals surface area (Å²) in [5.74, 6) is -0.00324. The predicted octanol–water partition coefficient (Wildman–Crippen LogP) is 3.17. The monoisotopic (exact) mass is 285 g/mol. The molecule has 8 nitrogen and oxygen atoms in total. The Hall–Kier alpha value is -3.47. The summed E-state index contributed by atoms with van der Waals surface area (Å²) < 4.78 is 5.31. The van der Waals surface area contributed by atoms with Crippen molar-refractivity contribution in [3.63, 3.8) is 0 Å². The molecular formula is C13H7N3O5. The lowest BCUT2D eigenvalue weighted by atomic mass is 10.2. The Bertz CT molecular complexity index is 767. The van der Waals surface area contributed by atoms with Crippen LogP contribution in [-0.2, 0) is 0 Å². The van der Waals surface area contributed by atoms with Gasteiger partial charge in [-0.3, -0.25) is 20.2 Å². The van der Waals surface area contributed by atoms with Crippen LogP contribution in [0.25, 0.3) is 0 Å². The second-order valence-electron chi connectivity index (χ2n) is 3.87. The van der Waals surface area contributed by atoms with E-state index in [1.165, 1.54) is 30.3 Å². The number of nitriles is 1. The molecule has 0 radical (unpaired) electrons. The fourth-order valence-corrected chi connectivity index (χ4v) is 1.64. The van der Waals surface area contributed by atoms with E-state index in [2.05, 4.69) is 0 Å². The summed E-state index contributed by atoms with van der Waals surface area (Å²) in [6.45, 7) is 0. The highest BCUT2D eigenvalue weighted by molar-refractivity contribution is 5.54. The first-order valence-corrected chi connectivity index (χ1v) is 5.62. The van der Waals surface area contributed by atoms with Crippen molar-refractivity contribution in [1.82, 2.24) is 0 Å². The van der Waals surface area contributed by atoms with E-state index in [-0.39, 0.29) is 22.7 Å². The molecule has 2 rings (SSSR count). The smallest absolute Gasteiger partial charge is 0.311 e. The van der Waals surface area contributed by atoms with Gasteiger partial charge in [0.1, 0.15) is 17.4 Å². The van der Waals surface area contributed by atoms with Gasteiger partial charge < -0.3 is 4.74 Å². The molecule has 0 atom stereocenters. The molecule has 0 aliphatic rings. The Balaban J connectivity index is 2.42. The van der Waals surface area contributed by atoms with Crippen LogP contribution in [0.1, 0.15) is 5.56 Å². The van der Waals surface area contributed by atoms with Gasteiger partial charge in [0.05, 0.1) is 15.9 Å². The van der Waals surface area contributed by atoms with Gasteiger partial charge in [-0.15, -0.1) is 0 Å². The van der Waals surface area contributed by atoms with Crippen LogP contribution in [0.4, 0.5) is 11.4 Å². The molecule has 0 fully saturated rings. The van der Waals surface area contributed by atoms with Gasteiger partial charge in [0.15, 0.2) is 0 Å². The largest absolute Gasteiger partial charge is 0.450 e. The van der Waals surface area contributed by atoms with E-state index in [0.717, 1.165) is 6.07 Å². The van der Waals surface area contributed by atoms with E-state index < -0.39 is 15.5 Å². The highest BCUT2D eigenvalue weighted by atomic mass is 16.6. The molecule has 0 aliphatic heterocycles. The first-order valence-electron chi connectivity index (χ1n) is 5.62. The maximum Gasteiger partial charge on any atom is 0.311 e. The normalized spacial score (nSPS) is 9.67. The Morgan fingerprint density at radius 3 is 2.29 bits per heavy atom. The van der Waals surface area contributed by atoms with Crippen molar-refractivity contribution in [2.75, 3.05) is 0 Å². The summed E-state index contributed by atoms with van der Waals surface area (Å²) in [6.07, 6.45) is 0. The first kappa shape index (κ1) is 14.0. The molecule has 0 aliphatic carbocycles. The minimum atomic E-state index is -0.717. The first-order chi connectivity index (χ1) is 10.0. The Morgan fingerprint density at radius 1 is 1.00 bits per heavy atom. The number of ether oxygens (including phenoxy) is 1. The molecule has 0 unspecified atom stereocenters. The molecule has 0 N–H and O–H groups in total. The third-order valence-electron chi connectivity index (χ3n) is 2.58. The van der Waals surface area contributed by atoms with Gasteiger partial charge in [-0.05, 0) is 18.2 Å². The zero-order valence-corrected chi connectivity index (χ0v) is 10.4. The minimum absolute atomic E-state index is 0.0370. The lowest BCUT2D eigenvalue weighted by Crippen LogP contribution is -1.95. The number of para-hydroxylation sites is 2. The molecule has 21 heavy (non-hydrogen) atoms. The van der Waals surface area contributed by atoms with Crippen LogP contribution >= 0.6 is 0 Å². The van der Waals surface area contributed by atoms with Crippen LogP contribution in [-0.4, -0.2) is 9.85 Å². The van der Waals surface area contributed by atoms with Crippen LogP contribution in [0.15, 0.2) is 42.5 Å². The zero-order valence-electron chi connectivity index (χ0n) is 10.4. The molecule has 2 aromatic rings. The second kappa shape index (κ2) is 5.66. The lowest BCUT2D eigenvalue weighted by molar-refractivity contribution is -0.386. The predicted molar refractivity (Wildman–Crippen MR) is 71.0 cm³/mol. The fourth-order valence-electron chi connectivity index (χ4n) is 1.64. The van der Waals surface area contributed by atoms with Gasteiger partial charge in [-0.25, -0.2) is 0 Å². The van der Waals surface area contributed by atoms with Crippen LogP contribution in [0.5, 0.6) is 11.5 Å². The molecule has 0 saturated heterocycles. The minimum Gasteiger partial charge on any atom is -0.450 e. The quantitative estimate of drug-likeness (QED) is 0.628. The van der Waals surface area contributed by atoms with Gasteiger partial charge >= 0.3 is 5.69 Å². The maximum atomic E-state index is 10.9. The van der Waals surface area contributed by atoms with E-state index in [4.69, 9.17) is 10.00 Å². The third kappa shape index (κ3) is 2.93. The van der Waals surface area contributed by atoms with E-state index >= 15 is 0 Å². The number of nitro groups is 2. The summed E-state index contributed by atoms with van der Waals surface area (Å²) in [7, 11) is 0. The van der Waals surface area contributed by atoms with Crippen LogP contribution < -0.4 is 4.74 Å². The summed E-state index contributed by atoms with van der Waals surface area (Å²) in [6, 6.07) is 11.0. The third-order valence-corrected chi connectivity index (χ3v) is 2.58. The average Bonchev–Trinajstić information content (AvgIpc) is 2.47. The molecule has 0 amide bonds. The van der Waals surface area contributed by atoms with Gasteiger partial charge in [-0.2, -0.15) is 5.26 Å². The molecule has 8 heteroatoms. The summed E-state index contributed by atoms with van der Waals surface area (Å²) in [5, 5.41) is 30.5. The fraction of sp³-hybridized carbons (Fsp3) is 0. The molecular weight excluding hydrogens is 278 g/mol. The van der Waals surface area contributed by atoms with Gasteiger partial charge in [-0.1, -0.05) is 12.1 Å². The molecule has 0 spiro atoms. The molecule has 0 aromatic heterocycles. The average molecular weight is 285 g/mol. The topological polar surface area (TPSA) is 119 Å². The summed E-state index contributed by atoms with van der Waals surface area (Å²) >= 11 is 0. The van der Waals surface area contributed by atoms with Crippen LogP contribution in [0.3, 0.4) is 0 Å². The Kier molecular flexibility index (Phi) is 3.76. The van der Waals surface area contributed by atoms with Crippen molar-refractivity contribution in [1.29, 1.82) is 5.26 Å². The van der Waals surface area contributed by atoms with E-state index in [0.29, 0.717) is 0 Å². The van der Waals surface area contributed by atoms with Crippen LogP contribution in [0.2, 0.25) is 0 Å². The molecule has 0 saturated carbocycles. The van der Waals surface area contributed by atoms with E-state index in [9.17, 15) is 20.2 Å². The molecule has 104 valence electrons. The number of nitro benzene ring substituents is 2. The SMILES string of the molecule is N#Cc1ccc(Oc2ccccc2[N+](=O)[O-])cc1[N+](=O)[O-].